The number of halogens is 2. The van der Waals surface area contributed by atoms with E-state index in [1.807, 2.05) is 4.57 Å². The molecule has 3 rings (SSSR count). The Kier molecular flexibility index (Phi) is 6.16. The largest absolute Gasteiger partial charge is 0.462 e. The number of hydrogen-bond donors (Lipinski definition) is 0. The highest BCUT2D eigenvalue weighted by atomic mass is 35.5. The van der Waals surface area contributed by atoms with E-state index in [9.17, 15) is 9.59 Å². The van der Waals surface area contributed by atoms with Gasteiger partial charge in [0.15, 0.2) is 4.80 Å². The Morgan fingerprint density at radius 1 is 1.30 bits per heavy atom. The summed E-state index contributed by atoms with van der Waals surface area (Å²) in [4.78, 5) is 29.2. The summed E-state index contributed by atoms with van der Waals surface area (Å²) < 4.78 is 8.42. The number of thiazole rings is 1. The van der Waals surface area contributed by atoms with E-state index < -0.39 is 11.9 Å². The fourth-order valence-electron chi connectivity index (χ4n) is 2.44. The lowest BCUT2D eigenvalue weighted by Gasteiger charge is -2.03. The number of rotatable bonds is 5. The zero-order valence-electron chi connectivity index (χ0n) is 14.2. The van der Waals surface area contributed by atoms with Gasteiger partial charge in [-0.25, -0.2) is 4.79 Å². The summed E-state index contributed by atoms with van der Waals surface area (Å²) in [5, 5.41) is 0. The summed E-state index contributed by atoms with van der Waals surface area (Å²) in [6.45, 7) is 6.27. The van der Waals surface area contributed by atoms with E-state index in [0.717, 1.165) is 21.6 Å². The summed E-state index contributed by atoms with van der Waals surface area (Å²) in [6, 6.07) is 6.73. The molecule has 2 aromatic heterocycles. The van der Waals surface area contributed by atoms with Crippen molar-refractivity contribution in [3.8, 4) is 0 Å². The molecule has 0 aliphatic rings. The van der Waals surface area contributed by atoms with E-state index in [1.54, 1.807) is 31.2 Å². The van der Waals surface area contributed by atoms with Crippen molar-refractivity contribution in [1.82, 2.24) is 4.57 Å². The number of allylic oxidation sites excluding steroid dienone is 1. The Balaban J connectivity index is 2.12. The molecule has 0 fully saturated rings. The summed E-state index contributed by atoms with van der Waals surface area (Å²) >= 11 is 14.4. The van der Waals surface area contributed by atoms with Crippen molar-refractivity contribution in [2.24, 2.45) is 4.99 Å². The number of hydrogen-bond acceptors (Lipinski definition) is 5. The van der Waals surface area contributed by atoms with Gasteiger partial charge in [0, 0.05) is 6.54 Å². The summed E-state index contributed by atoms with van der Waals surface area (Å²) in [6.07, 6.45) is 1.71. The Morgan fingerprint density at radius 3 is 2.70 bits per heavy atom. The van der Waals surface area contributed by atoms with Crippen LogP contribution in [0.25, 0.3) is 10.2 Å². The molecule has 0 radical (unpaired) electrons. The monoisotopic (exact) mass is 440 g/mol. The lowest BCUT2D eigenvalue weighted by molar-refractivity contribution is 0.0526. The van der Waals surface area contributed by atoms with E-state index in [4.69, 9.17) is 27.9 Å². The molecule has 1 amide bonds. The normalized spacial score (nSPS) is 11.7. The maximum atomic E-state index is 12.5. The zero-order chi connectivity index (χ0) is 19.6. The number of nitrogens with zero attached hydrogens (tertiary/aromatic N) is 2. The fraction of sp³-hybridized carbons (Fsp3) is 0.167. The molecule has 3 aromatic rings. The van der Waals surface area contributed by atoms with E-state index in [0.29, 0.717) is 32.2 Å². The summed E-state index contributed by atoms with van der Waals surface area (Å²) in [7, 11) is 0. The van der Waals surface area contributed by atoms with Crippen LogP contribution in [0, 0.1) is 0 Å². The van der Waals surface area contributed by atoms with Crippen LogP contribution in [0.3, 0.4) is 0 Å². The first kappa shape index (κ1) is 19.8. The molecule has 0 aliphatic heterocycles. The molecule has 5 nitrogen and oxygen atoms in total. The van der Waals surface area contributed by atoms with Crippen molar-refractivity contribution in [1.29, 1.82) is 0 Å². The van der Waals surface area contributed by atoms with Gasteiger partial charge < -0.3 is 9.30 Å². The smallest absolute Gasteiger partial charge is 0.338 e. The number of carbonyl (C=O) groups excluding carboxylic acids is 2. The van der Waals surface area contributed by atoms with Gasteiger partial charge in [-0.05, 0) is 31.2 Å². The standard InChI is InChI=1S/C18H14Cl2N2O3S2/c1-3-7-22-12-6-5-10(17(24)25-4-2)8-13(12)26-18(22)21-16(23)11-9-14(19)27-15(11)20/h3,5-6,8-9H,1,4,7H2,2H3. The van der Waals surface area contributed by atoms with Crippen molar-refractivity contribution in [3.05, 3.63) is 61.5 Å². The van der Waals surface area contributed by atoms with Gasteiger partial charge in [-0.3, -0.25) is 4.79 Å². The minimum absolute atomic E-state index is 0.265. The fourth-order valence-corrected chi connectivity index (χ4v) is 4.96. The van der Waals surface area contributed by atoms with Crippen LogP contribution in [0.1, 0.15) is 27.6 Å². The van der Waals surface area contributed by atoms with Crippen molar-refractivity contribution in [2.45, 2.75) is 13.5 Å². The second-order valence-corrected chi connectivity index (χ2v) is 8.64. The molecule has 0 aliphatic carbocycles. The predicted octanol–water partition coefficient (Wildman–Crippen LogP) is 5.17. The Bertz CT molecular complexity index is 1110. The van der Waals surface area contributed by atoms with Gasteiger partial charge in [-0.2, -0.15) is 4.99 Å². The van der Waals surface area contributed by atoms with Crippen LogP contribution >= 0.6 is 45.9 Å². The first-order valence-electron chi connectivity index (χ1n) is 7.90. The summed E-state index contributed by atoms with van der Waals surface area (Å²) in [5.41, 5.74) is 1.55. The van der Waals surface area contributed by atoms with Gasteiger partial charge in [0.25, 0.3) is 5.91 Å². The van der Waals surface area contributed by atoms with Crippen LogP contribution in [-0.2, 0) is 11.3 Å². The maximum absolute atomic E-state index is 12.5. The second-order valence-electron chi connectivity index (χ2n) is 5.34. The molecule has 0 spiro atoms. The van der Waals surface area contributed by atoms with Crippen molar-refractivity contribution in [3.63, 3.8) is 0 Å². The van der Waals surface area contributed by atoms with Gasteiger partial charge in [0.2, 0.25) is 0 Å². The number of amides is 1. The van der Waals surface area contributed by atoms with Crippen LogP contribution in [0.15, 0.2) is 41.9 Å². The molecular weight excluding hydrogens is 427 g/mol. The quantitative estimate of drug-likeness (QED) is 0.405. The molecule has 2 heterocycles. The van der Waals surface area contributed by atoms with Crippen molar-refractivity contribution in [2.75, 3.05) is 6.61 Å². The third-order valence-electron chi connectivity index (χ3n) is 3.59. The van der Waals surface area contributed by atoms with Crippen LogP contribution < -0.4 is 4.80 Å². The van der Waals surface area contributed by atoms with E-state index in [2.05, 4.69) is 11.6 Å². The third kappa shape index (κ3) is 4.16. The Morgan fingerprint density at radius 2 is 2.07 bits per heavy atom. The van der Waals surface area contributed by atoms with Crippen molar-refractivity contribution >= 4 is 68.0 Å². The van der Waals surface area contributed by atoms with Gasteiger partial charge in [-0.1, -0.05) is 40.6 Å². The molecule has 0 bridgehead atoms. The maximum Gasteiger partial charge on any atom is 0.338 e. The first-order chi connectivity index (χ1) is 12.9. The van der Waals surface area contributed by atoms with E-state index in [1.165, 1.54) is 17.4 Å². The third-order valence-corrected chi connectivity index (χ3v) is 6.12. The number of thiophene rings is 1. The number of esters is 1. The molecule has 1 aromatic carbocycles. The molecule has 0 N–H and O–H groups in total. The molecule has 9 heteroatoms. The van der Waals surface area contributed by atoms with Crippen LogP contribution in [-0.4, -0.2) is 23.1 Å². The number of ether oxygens (including phenoxy) is 1. The average molecular weight is 441 g/mol. The number of carbonyl (C=O) groups is 2. The molecule has 140 valence electrons. The van der Waals surface area contributed by atoms with Crippen LogP contribution in [0.5, 0.6) is 0 Å². The van der Waals surface area contributed by atoms with Gasteiger partial charge in [-0.15, -0.1) is 17.9 Å². The first-order valence-corrected chi connectivity index (χ1v) is 10.3. The average Bonchev–Trinajstić information content (AvgIpc) is 3.14. The highest BCUT2D eigenvalue weighted by Gasteiger charge is 2.16. The van der Waals surface area contributed by atoms with E-state index >= 15 is 0 Å². The number of fused-ring (bicyclic) bond motifs is 1. The molecule has 0 saturated heterocycles. The summed E-state index contributed by atoms with van der Waals surface area (Å²) in [5.74, 6) is -0.865. The topological polar surface area (TPSA) is 60.7 Å². The molecule has 27 heavy (non-hydrogen) atoms. The SMILES string of the molecule is C=CCn1c(=NC(=O)c2cc(Cl)sc2Cl)sc2cc(C(=O)OCC)ccc21. The minimum Gasteiger partial charge on any atom is -0.462 e. The highest BCUT2D eigenvalue weighted by molar-refractivity contribution is 7.20. The van der Waals surface area contributed by atoms with Crippen molar-refractivity contribution < 1.29 is 14.3 Å². The molecule has 0 atom stereocenters. The predicted molar refractivity (Wildman–Crippen MR) is 110 cm³/mol. The van der Waals surface area contributed by atoms with E-state index in [-0.39, 0.29) is 5.56 Å². The van der Waals surface area contributed by atoms with Gasteiger partial charge in [0.05, 0.1) is 32.3 Å². The zero-order valence-corrected chi connectivity index (χ0v) is 17.3. The Labute approximate surface area is 173 Å². The van der Waals surface area contributed by atoms with Crippen LogP contribution in [0.2, 0.25) is 8.67 Å². The number of benzene rings is 1. The molecule has 0 saturated carbocycles. The lowest BCUT2D eigenvalue weighted by Crippen LogP contribution is -2.16. The molecule has 0 unspecified atom stereocenters. The van der Waals surface area contributed by atoms with Gasteiger partial charge in [0.1, 0.15) is 4.34 Å². The second kappa shape index (κ2) is 8.39. The number of aromatic nitrogens is 1. The van der Waals surface area contributed by atoms with Crippen LogP contribution in [0.4, 0.5) is 0 Å². The van der Waals surface area contributed by atoms with Gasteiger partial charge >= 0.3 is 5.97 Å². The lowest BCUT2D eigenvalue weighted by atomic mass is 10.2. The highest BCUT2D eigenvalue weighted by Crippen LogP contribution is 2.31. The minimum atomic E-state index is -0.474. The Hall–Kier alpha value is -1.93. The molecular formula is C18H14Cl2N2O3S2.